The van der Waals surface area contributed by atoms with Gasteiger partial charge in [-0.3, -0.25) is 4.79 Å². The largest absolute Gasteiger partial charge is 0.488 e. The fraction of sp³-hybridized carbons (Fsp3) is 0.433. The molecular formula is C30H31ClF3N5O3. The minimum atomic E-state index is -4.54. The summed E-state index contributed by atoms with van der Waals surface area (Å²) >= 11 is 5.92. The van der Waals surface area contributed by atoms with Crippen molar-refractivity contribution >= 4 is 23.2 Å². The third-order valence-electron chi connectivity index (χ3n) is 8.08. The summed E-state index contributed by atoms with van der Waals surface area (Å²) in [6, 6.07) is 11.4. The highest BCUT2D eigenvalue weighted by atomic mass is 35.5. The topological polar surface area (TPSA) is 88.6 Å². The van der Waals surface area contributed by atoms with Crippen LogP contribution >= 0.6 is 11.6 Å². The van der Waals surface area contributed by atoms with E-state index in [9.17, 15) is 18.0 Å². The number of nitrogens with one attached hydrogen (secondary N) is 2. The zero-order valence-electron chi connectivity index (χ0n) is 23.0. The Balaban J connectivity index is 1.18. The molecule has 4 heterocycles. The minimum absolute atomic E-state index is 0.00538. The quantitative estimate of drug-likeness (QED) is 0.360. The molecule has 2 aliphatic heterocycles. The summed E-state index contributed by atoms with van der Waals surface area (Å²) in [4.78, 5) is 24.1. The van der Waals surface area contributed by atoms with Crippen LogP contribution in [0.15, 0.2) is 48.7 Å². The molecule has 1 unspecified atom stereocenters. The number of hydrogen-bond acceptors (Lipinski definition) is 7. The predicted octanol–water partition coefficient (Wildman–Crippen LogP) is 5.35. The maximum absolute atomic E-state index is 13.7. The Bertz CT molecular complexity index is 1470. The SMILES string of the molecule is CCOc1ncccc1-c1ccc(OC2CC3(C2)CN(c2cccc(Cl)c2C(F)(F)F)C3)c(C(=O)NC2CCNC2)n1. The highest BCUT2D eigenvalue weighted by Gasteiger charge is 2.55. The summed E-state index contributed by atoms with van der Waals surface area (Å²) in [5, 5.41) is 5.99. The number of amides is 1. The van der Waals surface area contributed by atoms with Gasteiger partial charge in [0.2, 0.25) is 5.88 Å². The number of anilines is 1. The summed E-state index contributed by atoms with van der Waals surface area (Å²) in [5.74, 6) is 0.470. The second kappa shape index (κ2) is 11.3. The molecule has 12 heteroatoms. The number of rotatable bonds is 8. The fourth-order valence-electron chi connectivity index (χ4n) is 6.14. The lowest BCUT2D eigenvalue weighted by molar-refractivity contribution is -0.137. The zero-order chi connectivity index (χ0) is 29.5. The lowest BCUT2D eigenvalue weighted by Crippen LogP contribution is -2.65. The van der Waals surface area contributed by atoms with Crippen LogP contribution in [0.3, 0.4) is 0 Å². The van der Waals surface area contributed by atoms with Crippen molar-refractivity contribution in [2.75, 3.05) is 37.7 Å². The molecule has 1 saturated carbocycles. The van der Waals surface area contributed by atoms with E-state index in [1.807, 2.05) is 13.0 Å². The molecule has 42 heavy (non-hydrogen) atoms. The number of alkyl halides is 3. The molecule has 1 spiro atoms. The van der Waals surface area contributed by atoms with Crippen LogP contribution < -0.4 is 25.0 Å². The molecule has 2 aromatic heterocycles. The first kappa shape index (κ1) is 28.5. The molecule has 1 atom stereocenters. The van der Waals surface area contributed by atoms with Crippen molar-refractivity contribution in [3.05, 3.63) is 64.9 Å². The van der Waals surface area contributed by atoms with Gasteiger partial charge in [-0.25, -0.2) is 9.97 Å². The van der Waals surface area contributed by atoms with Gasteiger partial charge in [0.1, 0.15) is 6.10 Å². The molecule has 3 aromatic rings. The molecule has 1 amide bonds. The Morgan fingerprint density at radius 1 is 1.19 bits per heavy atom. The Morgan fingerprint density at radius 3 is 2.71 bits per heavy atom. The number of aromatic nitrogens is 2. The van der Waals surface area contributed by atoms with E-state index in [4.69, 9.17) is 26.1 Å². The molecule has 2 N–H and O–H groups in total. The van der Waals surface area contributed by atoms with E-state index >= 15 is 0 Å². The van der Waals surface area contributed by atoms with Crippen LogP contribution in [0.2, 0.25) is 5.02 Å². The van der Waals surface area contributed by atoms with E-state index < -0.39 is 11.7 Å². The average Bonchev–Trinajstić information content (AvgIpc) is 3.42. The molecule has 1 aromatic carbocycles. The summed E-state index contributed by atoms with van der Waals surface area (Å²) < 4.78 is 53.0. The normalized spacial score (nSPS) is 19.7. The molecule has 3 fully saturated rings. The molecule has 8 nitrogen and oxygen atoms in total. The van der Waals surface area contributed by atoms with Gasteiger partial charge in [-0.2, -0.15) is 13.2 Å². The van der Waals surface area contributed by atoms with E-state index in [0.717, 1.165) is 13.0 Å². The Labute approximate surface area is 246 Å². The van der Waals surface area contributed by atoms with E-state index in [-0.39, 0.29) is 39.9 Å². The van der Waals surface area contributed by atoms with Crippen LogP contribution in [-0.4, -0.2) is 60.8 Å². The van der Waals surface area contributed by atoms with E-state index in [2.05, 4.69) is 15.6 Å². The van der Waals surface area contributed by atoms with Crippen molar-refractivity contribution in [3.8, 4) is 22.9 Å². The highest BCUT2D eigenvalue weighted by Crippen LogP contribution is 2.53. The van der Waals surface area contributed by atoms with Gasteiger partial charge in [0, 0.05) is 37.3 Å². The maximum atomic E-state index is 13.7. The van der Waals surface area contributed by atoms with Crippen molar-refractivity contribution in [2.24, 2.45) is 5.41 Å². The van der Waals surface area contributed by atoms with Crippen molar-refractivity contribution in [1.82, 2.24) is 20.6 Å². The summed E-state index contributed by atoms with van der Waals surface area (Å²) in [7, 11) is 0. The lowest BCUT2D eigenvalue weighted by atomic mass is 9.61. The average molecular weight is 602 g/mol. The lowest BCUT2D eigenvalue weighted by Gasteiger charge is -2.59. The summed E-state index contributed by atoms with van der Waals surface area (Å²) in [6.07, 6.45) is -0.931. The fourth-order valence-corrected chi connectivity index (χ4v) is 6.42. The monoisotopic (exact) mass is 601 g/mol. The van der Waals surface area contributed by atoms with Gasteiger partial charge in [0.15, 0.2) is 11.4 Å². The van der Waals surface area contributed by atoms with Gasteiger partial charge >= 0.3 is 6.18 Å². The maximum Gasteiger partial charge on any atom is 0.419 e. The Hall–Kier alpha value is -3.57. The second-order valence-electron chi connectivity index (χ2n) is 11.1. The first-order valence-corrected chi connectivity index (χ1v) is 14.4. The highest BCUT2D eigenvalue weighted by molar-refractivity contribution is 6.31. The second-order valence-corrected chi connectivity index (χ2v) is 11.5. The first-order valence-electron chi connectivity index (χ1n) is 14.0. The molecule has 3 aliphatic rings. The van der Waals surface area contributed by atoms with Crippen LogP contribution in [0.5, 0.6) is 11.6 Å². The van der Waals surface area contributed by atoms with Gasteiger partial charge in [-0.1, -0.05) is 17.7 Å². The van der Waals surface area contributed by atoms with Crippen LogP contribution in [0.1, 0.15) is 42.2 Å². The number of benzene rings is 1. The first-order chi connectivity index (χ1) is 20.2. The van der Waals surface area contributed by atoms with Gasteiger partial charge < -0.3 is 25.0 Å². The van der Waals surface area contributed by atoms with E-state index in [1.165, 1.54) is 18.2 Å². The number of nitrogens with zero attached hydrogens (tertiary/aromatic N) is 3. The van der Waals surface area contributed by atoms with Crippen molar-refractivity contribution in [1.29, 1.82) is 0 Å². The van der Waals surface area contributed by atoms with Crippen molar-refractivity contribution < 1.29 is 27.4 Å². The zero-order valence-corrected chi connectivity index (χ0v) is 23.8. The van der Waals surface area contributed by atoms with Gasteiger partial charge in [-0.05, 0) is 69.1 Å². The standard InChI is InChI=1S/C30H31ClF3N5O3/c1-2-41-28-20(5-4-11-36-28)22-8-9-24(26(38-22)27(40)37-18-10-12-35-15-18)42-19-13-29(14-19)16-39(17-29)23-7-3-6-21(31)25(23)30(32,33)34/h3-9,11,18-19,35H,2,10,12-17H2,1H3,(H,37,40). The smallest absolute Gasteiger partial charge is 0.419 e. The van der Waals surface area contributed by atoms with Gasteiger partial charge in [0.05, 0.1) is 34.1 Å². The molecule has 222 valence electrons. The van der Waals surface area contributed by atoms with Crippen LogP contribution in [0.25, 0.3) is 11.3 Å². The molecule has 0 radical (unpaired) electrons. The summed E-state index contributed by atoms with van der Waals surface area (Å²) in [6.45, 7) is 4.78. The number of ether oxygens (including phenoxy) is 2. The number of halogens is 4. The number of carbonyl (C=O) groups excluding carboxylic acids is 1. The number of carbonyl (C=O) groups is 1. The number of hydrogen-bond donors (Lipinski definition) is 2. The van der Waals surface area contributed by atoms with E-state index in [1.54, 1.807) is 29.3 Å². The minimum Gasteiger partial charge on any atom is -0.488 e. The molecule has 2 saturated heterocycles. The summed E-state index contributed by atoms with van der Waals surface area (Å²) in [5.41, 5.74) is 0.550. The molecular weight excluding hydrogens is 571 g/mol. The van der Waals surface area contributed by atoms with Crippen molar-refractivity contribution in [3.63, 3.8) is 0 Å². The molecule has 0 bridgehead atoms. The molecule has 6 rings (SSSR count). The van der Waals surface area contributed by atoms with Gasteiger partial charge in [0.25, 0.3) is 5.91 Å². The van der Waals surface area contributed by atoms with Crippen LogP contribution in [-0.2, 0) is 6.18 Å². The van der Waals surface area contributed by atoms with Crippen LogP contribution in [0.4, 0.5) is 18.9 Å². The molecule has 1 aliphatic carbocycles. The van der Waals surface area contributed by atoms with Crippen molar-refractivity contribution in [2.45, 2.75) is 44.5 Å². The van der Waals surface area contributed by atoms with Crippen LogP contribution in [0, 0.1) is 5.41 Å². The Morgan fingerprint density at radius 2 is 2.00 bits per heavy atom. The number of pyridine rings is 2. The third-order valence-corrected chi connectivity index (χ3v) is 8.40. The van der Waals surface area contributed by atoms with Gasteiger partial charge in [-0.15, -0.1) is 0 Å². The Kier molecular flexibility index (Phi) is 7.65. The predicted molar refractivity (Wildman–Crippen MR) is 152 cm³/mol. The third kappa shape index (κ3) is 5.59. The van der Waals surface area contributed by atoms with E-state index in [0.29, 0.717) is 62.0 Å².